The number of ether oxygens (including phenoxy) is 2. The number of nitrogens with zero attached hydrogens (tertiary/aromatic N) is 2. The van der Waals surface area contributed by atoms with Gasteiger partial charge in [0.05, 0.1) is 12.1 Å². The van der Waals surface area contributed by atoms with Crippen LogP contribution in [-0.4, -0.2) is 41.9 Å². The van der Waals surface area contributed by atoms with Gasteiger partial charge in [0, 0.05) is 6.54 Å². The number of carbonyl (C=O) groups is 1. The molecule has 2 atom stereocenters. The smallest absolute Gasteiger partial charge is 0.316 e. The minimum Gasteiger partial charge on any atom is -0.450 e. The van der Waals surface area contributed by atoms with Gasteiger partial charge in [0.15, 0.2) is 11.5 Å². The number of nitrogens with two attached hydrogens (primary N) is 1. The second kappa shape index (κ2) is 8.42. The monoisotopic (exact) mass is 423 g/mol. The molecule has 0 radical (unpaired) electrons. The Morgan fingerprint density at radius 3 is 2.48 bits per heavy atom. The van der Waals surface area contributed by atoms with Crippen molar-refractivity contribution in [2.24, 2.45) is 11.1 Å². The first-order valence-electron chi connectivity index (χ1n) is 11.0. The number of rotatable bonds is 5. The predicted molar refractivity (Wildman–Crippen MR) is 121 cm³/mol. The van der Waals surface area contributed by atoms with E-state index in [0.717, 1.165) is 42.0 Å². The van der Waals surface area contributed by atoms with Gasteiger partial charge in [-0.2, -0.15) is 0 Å². The van der Waals surface area contributed by atoms with E-state index in [2.05, 4.69) is 44.9 Å². The van der Waals surface area contributed by atoms with Gasteiger partial charge < -0.3 is 20.1 Å². The Morgan fingerprint density at radius 2 is 1.87 bits per heavy atom. The van der Waals surface area contributed by atoms with Crippen molar-refractivity contribution in [2.45, 2.75) is 58.5 Å². The lowest BCUT2D eigenvalue weighted by atomic mass is 9.80. The number of amides is 2. The molecule has 2 amide bonds. The standard InChI is InChI=1S/C25H33N3O3/c1-17(22-30-20-11-5-6-12-21(20)31-22)19-10-7-9-18(15-19)16-28(24(26)29)23-25(2,3)13-8-14-27(23)4/h5-7,9-12,15,17,22-23H,8,13-14,16H2,1-4H3,(H2,26,29). The zero-order chi connectivity index (χ0) is 22.2. The molecule has 6 nitrogen and oxygen atoms in total. The number of primary amides is 1. The van der Waals surface area contributed by atoms with Crippen molar-refractivity contribution >= 4 is 6.03 Å². The highest BCUT2D eigenvalue weighted by Gasteiger charge is 2.41. The molecule has 0 spiro atoms. The van der Waals surface area contributed by atoms with Crippen LogP contribution in [-0.2, 0) is 6.54 Å². The molecule has 0 aliphatic carbocycles. The molecule has 0 bridgehead atoms. The lowest BCUT2D eigenvalue weighted by Crippen LogP contribution is -2.60. The summed E-state index contributed by atoms with van der Waals surface area (Å²) in [5.41, 5.74) is 8.00. The number of piperidine rings is 1. The van der Waals surface area contributed by atoms with E-state index in [9.17, 15) is 4.79 Å². The van der Waals surface area contributed by atoms with Crippen molar-refractivity contribution in [3.63, 3.8) is 0 Å². The number of hydrogen-bond acceptors (Lipinski definition) is 4. The molecule has 2 unspecified atom stereocenters. The van der Waals surface area contributed by atoms with Gasteiger partial charge in [-0.25, -0.2) is 4.79 Å². The van der Waals surface area contributed by atoms with Crippen LogP contribution in [0.4, 0.5) is 4.79 Å². The molecule has 0 saturated carbocycles. The minimum atomic E-state index is -0.386. The highest BCUT2D eigenvalue weighted by Crippen LogP contribution is 2.39. The van der Waals surface area contributed by atoms with Gasteiger partial charge in [-0.3, -0.25) is 4.90 Å². The maximum Gasteiger partial charge on any atom is 0.316 e. The van der Waals surface area contributed by atoms with Gasteiger partial charge >= 0.3 is 6.03 Å². The molecule has 1 fully saturated rings. The average Bonchev–Trinajstić information content (AvgIpc) is 3.16. The zero-order valence-electron chi connectivity index (χ0n) is 18.9. The number of benzene rings is 2. The fraction of sp³-hybridized carbons (Fsp3) is 0.480. The molecule has 0 aromatic heterocycles. The quantitative estimate of drug-likeness (QED) is 0.766. The molecule has 1 saturated heterocycles. The van der Waals surface area contributed by atoms with Gasteiger partial charge in [0.1, 0.15) is 0 Å². The van der Waals surface area contributed by atoms with E-state index in [1.807, 2.05) is 36.4 Å². The van der Waals surface area contributed by atoms with Gasteiger partial charge in [-0.15, -0.1) is 0 Å². The van der Waals surface area contributed by atoms with Crippen LogP contribution >= 0.6 is 0 Å². The molecule has 2 aliphatic rings. The first kappa shape index (κ1) is 21.5. The number of carbonyl (C=O) groups excluding carboxylic acids is 1. The van der Waals surface area contributed by atoms with Crippen LogP contribution in [0.25, 0.3) is 0 Å². The average molecular weight is 424 g/mol. The lowest BCUT2D eigenvalue weighted by molar-refractivity contribution is -0.0351. The molecule has 2 N–H and O–H groups in total. The van der Waals surface area contributed by atoms with Crippen LogP contribution in [0.1, 0.15) is 50.7 Å². The summed E-state index contributed by atoms with van der Waals surface area (Å²) in [6, 6.07) is 15.6. The summed E-state index contributed by atoms with van der Waals surface area (Å²) < 4.78 is 12.0. The number of likely N-dealkylation sites (tertiary alicyclic amines) is 1. The SMILES string of the molecule is CC(c1cccc(CN(C(N)=O)C2N(C)CCCC2(C)C)c1)C1Oc2ccccc2O1. The molecular weight excluding hydrogens is 390 g/mol. The van der Waals surface area contributed by atoms with Gasteiger partial charge in [0.2, 0.25) is 6.29 Å². The number of urea groups is 1. The largest absolute Gasteiger partial charge is 0.450 e. The topological polar surface area (TPSA) is 68.0 Å². The molecule has 2 aromatic rings. The molecule has 166 valence electrons. The summed E-state index contributed by atoms with van der Waals surface area (Å²) in [7, 11) is 2.08. The third-order valence-corrected chi connectivity index (χ3v) is 6.60. The van der Waals surface area contributed by atoms with Crippen LogP contribution in [0.15, 0.2) is 48.5 Å². The summed E-state index contributed by atoms with van der Waals surface area (Å²) in [6.07, 6.45) is 1.79. The van der Waals surface area contributed by atoms with E-state index < -0.39 is 0 Å². The van der Waals surface area contributed by atoms with E-state index in [4.69, 9.17) is 15.2 Å². The van der Waals surface area contributed by atoms with Crippen LogP contribution in [0, 0.1) is 5.41 Å². The lowest BCUT2D eigenvalue weighted by Gasteiger charge is -2.49. The third kappa shape index (κ3) is 4.35. The summed E-state index contributed by atoms with van der Waals surface area (Å²) in [4.78, 5) is 16.5. The van der Waals surface area contributed by atoms with E-state index in [-0.39, 0.29) is 29.8 Å². The zero-order valence-corrected chi connectivity index (χ0v) is 18.9. The summed E-state index contributed by atoms with van der Waals surface area (Å²) in [5.74, 6) is 1.58. The first-order chi connectivity index (χ1) is 14.8. The highest BCUT2D eigenvalue weighted by molar-refractivity contribution is 5.72. The maximum atomic E-state index is 12.5. The fourth-order valence-corrected chi connectivity index (χ4v) is 5.03. The van der Waals surface area contributed by atoms with E-state index in [1.165, 1.54) is 0 Å². The summed E-state index contributed by atoms with van der Waals surface area (Å²) >= 11 is 0. The molecule has 31 heavy (non-hydrogen) atoms. The van der Waals surface area contributed by atoms with E-state index in [1.54, 1.807) is 4.90 Å². The summed E-state index contributed by atoms with van der Waals surface area (Å²) in [6.45, 7) is 7.97. The van der Waals surface area contributed by atoms with Crippen LogP contribution in [0.5, 0.6) is 11.5 Å². The molecular formula is C25H33N3O3. The minimum absolute atomic E-state index is 0.0236. The number of fused-ring (bicyclic) bond motifs is 1. The molecule has 2 aliphatic heterocycles. The Bertz CT molecular complexity index is 920. The first-order valence-corrected chi connectivity index (χ1v) is 11.0. The van der Waals surface area contributed by atoms with Gasteiger partial charge in [-0.1, -0.05) is 57.2 Å². The Hall–Kier alpha value is -2.73. The Labute approximate surface area is 184 Å². The van der Waals surface area contributed by atoms with Crippen LogP contribution in [0.3, 0.4) is 0 Å². The van der Waals surface area contributed by atoms with Crippen molar-refractivity contribution in [3.05, 3.63) is 59.7 Å². The normalized spacial score (nSPS) is 21.6. The van der Waals surface area contributed by atoms with Crippen LogP contribution in [0.2, 0.25) is 0 Å². The number of para-hydroxylation sites is 2. The van der Waals surface area contributed by atoms with Gasteiger partial charge in [-0.05, 0) is 55.1 Å². The maximum absolute atomic E-state index is 12.5. The molecule has 2 aromatic carbocycles. The van der Waals surface area contributed by atoms with E-state index in [0.29, 0.717) is 6.54 Å². The van der Waals surface area contributed by atoms with Crippen molar-refractivity contribution in [1.29, 1.82) is 0 Å². The van der Waals surface area contributed by atoms with Crippen molar-refractivity contribution < 1.29 is 14.3 Å². The number of hydrogen-bond donors (Lipinski definition) is 1. The third-order valence-electron chi connectivity index (χ3n) is 6.60. The van der Waals surface area contributed by atoms with Crippen molar-refractivity contribution in [1.82, 2.24) is 9.80 Å². The van der Waals surface area contributed by atoms with Gasteiger partial charge in [0.25, 0.3) is 0 Å². The molecule has 6 heteroatoms. The van der Waals surface area contributed by atoms with Crippen LogP contribution < -0.4 is 15.2 Å². The highest BCUT2D eigenvalue weighted by atomic mass is 16.7. The van der Waals surface area contributed by atoms with Crippen molar-refractivity contribution in [2.75, 3.05) is 13.6 Å². The Morgan fingerprint density at radius 1 is 1.19 bits per heavy atom. The summed E-state index contributed by atoms with van der Waals surface area (Å²) in [5, 5.41) is 0. The Balaban J connectivity index is 1.53. The second-order valence-electron chi connectivity index (χ2n) is 9.50. The predicted octanol–water partition coefficient (Wildman–Crippen LogP) is 4.55. The van der Waals surface area contributed by atoms with E-state index >= 15 is 0 Å². The molecule has 2 heterocycles. The second-order valence-corrected chi connectivity index (χ2v) is 9.50. The molecule has 4 rings (SSSR count). The Kier molecular flexibility index (Phi) is 5.84. The van der Waals surface area contributed by atoms with Crippen molar-refractivity contribution in [3.8, 4) is 11.5 Å². The fourth-order valence-electron chi connectivity index (χ4n) is 5.03.